The molecule has 0 aliphatic rings. The van der Waals surface area contributed by atoms with Gasteiger partial charge in [-0.05, 0) is 90.5 Å². The van der Waals surface area contributed by atoms with E-state index in [9.17, 15) is 0 Å². The Kier molecular flexibility index (Phi) is 5.71. The summed E-state index contributed by atoms with van der Waals surface area (Å²) in [7, 11) is 0. The van der Waals surface area contributed by atoms with Crippen molar-refractivity contribution in [3.05, 3.63) is 152 Å². The van der Waals surface area contributed by atoms with Gasteiger partial charge >= 0.3 is 0 Å². The van der Waals surface area contributed by atoms with Crippen molar-refractivity contribution in [3.8, 4) is 16.8 Å². The summed E-state index contributed by atoms with van der Waals surface area (Å²) in [6.45, 7) is 0. The van der Waals surface area contributed by atoms with E-state index in [-0.39, 0.29) is 0 Å². The van der Waals surface area contributed by atoms with Crippen molar-refractivity contribution in [1.29, 1.82) is 0 Å². The first-order valence-electron chi connectivity index (χ1n) is 14.0. The second-order valence-corrected chi connectivity index (χ2v) is 10.2. The fraction of sp³-hybridized carbons (Fsp3) is 0. The summed E-state index contributed by atoms with van der Waals surface area (Å²) in [5, 5.41) is 2.27. The van der Waals surface area contributed by atoms with Crippen LogP contribution in [0, 0.1) is 0 Å². The van der Waals surface area contributed by atoms with E-state index >= 15 is 0 Å². The zero-order valence-electron chi connectivity index (χ0n) is 22.7. The summed E-state index contributed by atoms with van der Waals surface area (Å²) in [5.74, 6) is 0. The van der Waals surface area contributed by atoms with E-state index in [4.69, 9.17) is 4.98 Å². The molecule has 8 aromatic rings. The molecule has 5 nitrogen and oxygen atoms in total. The fourth-order valence-electron chi connectivity index (χ4n) is 5.84. The zero-order valence-corrected chi connectivity index (χ0v) is 22.7. The standard InChI is InChI=1S/C37H25N5/c1-3-9-27(10-4-1)41(28-11-5-2-6-12-28)30-19-20-35-33(25-30)32-13-7-23-40-37(32)42(35)29-17-15-26(16-18-29)31-21-24-38-34-14-8-22-39-36(31)34/h1-25H. The first kappa shape index (κ1) is 24.0. The number of aromatic nitrogens is 4. The molecule has 0 fully saturated rings. The molecule has 5 heteroatoms. The summed E-state index contributed by atoms with van der Waals surface area (Å²) in [6, 6.07) is 46.4. The molecule has 0 spiro atoms. The lowest BCUT2D eigenvalue weighted by atomic mass is 10.0. The topological polar surface area (TPSA) is 46.8 Å². The Morgan fingerprint density at radius 3 is 1.98 bits per heavy atom. The predicted molar refractivity (Wildman–Crippen MR) is 172 cm³/mol. The number of nitrogens with zero attached hydrogens (tertiary/aromatic N) is 5. The third kappa shape index (κ3) is 3.99. The smallest absolute Gasteiger partial charge is 0.145 e. The van der Waals surface area contributed by atoms with Crippen LogP contribution in [0.1, 0.15) is 0 Å². The van der Waals surface area contributed by atoms with E-state index in [0.717, 1.165) is 66.8 Å². The van der Waals surface area contributed by atoms with E-state index in [0.29, 0.717) is 0 Å². The molecule has 4 aromatic carbocycles. The lowest BCUT2D eigenvalue weighted by molar-refractivity contribution is 1.14. The molecule has 0 aliphatic carbocycles. The number of hydrogen-bond donors (Lipinski definition) is 0. The van der Waals surface area contributed by atoms with E-state index < -0.39 is 0 Å². The van der Waals surface area contributed by atoms with Crippen molar-refractivity contribution in [2.24, 2.45) is 0 Å². The van der Waals surface area contributed by atoms with Gasteiger partial charge in [-0.2, -0.15) is 0 Å². The van der Waals surface area contributed by atoms with Crippen LogP contribution in [0.25, 0.3) is 49.8 Å². The first-order valence-corrected chi connectivity index (χ1v) is 14.0. The van der Waals surface area contributed by atoms with Gasteiger partial charge in [0.2, 0.25) is 0 Å². The summed E-state index contributed by atoms with van der Waals surface area (Å²) in [6.07, 6.45) is 5.52. The molecule has 0 unspecified atom stereocenters. The number of hydrogen-bond acceptors (Lipinski definition) is 4. The number of anilines is 3. The van der Waals surface area contributed by atoms with Crippen LogP contribution in [0.3, 0.4) is 0 Å². The van der Waals surface area contributed by atoms with E-state index in [2.05, 4.69) is 116 Å². The average Bonchev–Trinajstić information content (AvgIpc) is 3.39. The van der Waals surface area contributed by atoms with Crippen LogP contribution in [0.15, 0.2) is 152 Å². The fourth-order valence-corrected chi connectivity index (χ4v) is 5.84. The minimum absolute atomic E-state index is 0.890. The number of benzene rings is 4. The zero-order chi connectivity index (χ0) is 27.9. The Morgan fingerprint density at radius 2 is 1.21 bits per heavy atom. The molecule has 0 N–H and O–H groups in total. The highest BCUT2D eigenvalue weighted by atomic mass is 15.1. The summed E-state index contributed by atoms with van der Waals surface area (Å²) >= 11 is 0. The molecule has 4 heterocycles. The van der Waals surface area contributed by atoms with Crippen molar-refractivity contribution < 1.29 is 0 Å². The van der Waals surface area contributed by atoms with Crippen LogP contribution < -0.4 is 4.90 Å². The minimum Gasteiger partial charge on any atom is -0.310 e. The van der Waals surface area contributed by atoms with Crippen molar-refractivity contribution in [2.45, 2.75) is 0 Å². The lowest BCUT2D eigenvalue weighted by Gasteiger charge is -2.25. The van der Waals surface area contributed by atoms with Gasteiger partial charge in [0.1, 0.15) is 5.65 Å². The Bertz CT molecular complexity index is 2140. The maximum absolute atomic E-state index is 4.84. The first-order chi connectivity index (χ1) is 20.8. The number of rotatable bonds is 5. The second-order valence-electron chi connectivity index (χ2n) is 10.2. The minimum atomic E-state index is 0.890. The third-order valence-electron chi connectivity index (χ3n) is 7.73. The van der Waals surface area contributed by atoms with Crippen LogP contribution in [-0.2, 0) is 0 Å². The molecule has 0 saturated heterocycles. The second kappa shape index (κ2) is 9.98. The molecule has 0 amide bonds. The average molecular weight is 540 g/mol. The van der Waals surface area contributed by atoms with Gasteiger partial charge in [0.25, 0.3) is 0 Å². The predicted octanol–water partition coefficient (Wildman–Crippen LogP) is 9.26. The molecule has 0 atom stereocenters. The van der Waals surface area contributed by atoms with Crippen molar-refractivity contribution in [3.63, 3.8) is 0 Å². The molecule has 42 heavy (non-hydrogen) atoms. The van der Waals surface area contributed by atoms with E-state index in [1.54, 1.807) is 0 Å². The van der Waals surface area contributed by atoms with Crippen LogP contribution in [0.4, 0.5) is 17.1 Å². The van der Waals surface area contributed by atoms with Crippen LogP contribution in [0.2, 0.25) is 0 Å². The van der Waals surface area contributed by atoms with Gasteiger partial charge in [-0.25, -0.2) is 4.98 Å². The van der Waals surface area contributed by atoms with Gasteiger partial charge in [0.15, 0.2) is 0 Å². The van der Waals surface area contributed by atoms with Crippen molar-refractivity contribution in [1.82, 2.24) is 19.5 Å². The third-order valence-corrected chi connectivity index (χ3v) is 7.73. The SMILES string of the molecule is c1ccc(N(c2ccccc2)c2ccc3c(c2)c2cccnc2n3-c2ccc(-c3ccnc4cccnc34)cc2)cc1. The van der Waals surface area contributed by atoms with Gasteiger partial charge in [0, 0.05) is 57.7 Å². The van der Waals surface area contributed by atoms with Gasteiger partial charge in [0.05, 0.1) is 16.6 Å². The monoisotopic (exact) mass is 539 g/mol. The maximum Gasteiger partial charge on any atom is 0.145 e. The van der Waals surface area contributed by atoms with Crippen molar-refractivity contribution in [2.75, 3.05) is 4.90 Å². The summed E-state index contributed by atoms with van der Waals surface area (Å²) in [4.78, 5) is 16.2. The lowest BCUT2D eigenvalue weighted by Crippen LogP contribution is -2.09. The highest BCUT2D eigenvalue weighted by Gasteiger charge is 2.18. The molecule has 198 valence electrons. The van der Waals surface area contributed by atoms with Gasteiger partial charge in [-0.3, -0.25) is 14.5 Å². The summed E-state index contributed by atoms with van der Waals surface area (Å²) < 4.78 is 2.25. The van der Waals surface area contributed by atoms with Crippen LogP contribution in [-0.4, -0.2) is 19.5 Å². The van der Waals surface area contributed by atoms with Crippen LogP contribution in [0.5, 0.6) is 0 Å². The number of fused-ring (bicyclic) bond motifs is 4. The van der Waals surface area contributed by atoms with Gasteiger partial charge in [-0.1, -0.05) is 48.5 Å². The quantitative estimate of drug-likeness (QED) is 0.219. The normalized spacial score (nSPS) is 11.3. The number of para-hydroxylation sites is 2. The van der Waals surface area contributed by atoms with Crippen LogP contribution >= 0.6 is 0 Å². The van der Waals surface area contributed by atoms with Gasteiger partial charge in [-0.15, -0.1) is 0 Å². The van der Waals surface area contributed by atoms with E-state index in [1.807, 2.05) is 55.0 Å². The molecule has 0 aliphatic heterocycles. The number of pyridine rings is 3. The molecule has 0 radical (unpaired) electrons. The molecular formula is C37H25N5. The summed E-state index contributed by atoms with van der Waals surface area (Å²) in [5.41, 5.74) is 10.4. The molecule has 0 bridgehead atoms. The molecule has 0 saturated carbocycles. The Balaban J connectivity index is 1.28. The molecule has 4 aromatic heterocycles. The molecule has 8 rings (SSSR count). The highest BCUT2D eigenvalue weighted by Crippen LogP contribution is 2.39. The van der Waals surface area contributed by atoms with E-state index in [1.165, 1.54) is 0 Å². The Hall–Kier alpha value is -5.81. The molecular weight excluding hydrogens is 514 g/mol. The Labute approximate surface area is 243 Å². The highest BCUT2D eigenvalue weighted by molar-refractivity contribution is 6.09. The van der Waals surface area contributed by atoms with Gasteiger partial charge < -0.3 is 4.90 Å². The largest absolute Gasteiger partial charge is 0.310 e. The maximum atomic E-state index is 4.84. The van der Waals surface area contributed by atoms with Crippen molar-refractivity contribution >= 4 is 50.0 Å². The Morgan fingerprint density at radius 1 is 0.500 bits per heavy atom.